The van der Waals surface area contributed by atoms with Crippen molar-refractivity contribution in [1.82, 2.24) is 0 Å². The molecule has 1 rings (SSSR count). The van der Waals surface area contributed by atoms with Crippen molar-refractivity contribution in [2.75, 3.05) is 6.61 Å². The SMILES string of the molecule is O=S(=O)(O)C(c1ccc(O)cc1)C(O)CO. The molecule has 1 aromatic rings. The van der Waals surface area contributed by atoms with Crippen LogP contribution in [0, 0.1) is 0 Å². The number of aliphatic hydroxyl groups excluding tert-OH is 2. The van der Waals surface area contributed by atoms with Crippen molar-refractivity contribution in [2.45, 2.75) is 11.4 Å². The summed E-state index contributed by atoms with van der Waals surface area (Å²) in [6, 6.07) is 4.93. The Balaban J connectivity index is 3.17. The molecule has 4 N–H and O–H groups in total. The molecule has 16 heavy (non-hydrogen) atoms. The zero-order valence-electron chi connectivity index (χ0n) is 8.18. The fourth-order valence-corrected chi connectivity index (χ4v) is 2.34. The van der Waals surface area contributed by atoms with Crippen LogP contribution in [0.5, 0.6) is 5.75 Å². The van der Waals surface area contributed by atoms with Crippen molar-refractivity contribution in [1.29, 1.82) is 0 Å². The minimum atomic E-state index is -4.53. The summed E-state index contributed by atoms with van der Waals surface area (Å²) in [4.78, 5) is 0. The molecule has 2 atom stereocenters. The maximum Gasteiger partial charge on any atom is 0.274 e. The Morgan fingerprint density at radius 3 is 2.06 bits per heavy atom. The first kappa shape index (κ1) is 12.9. The van der Waals surface area contributed by atoms with E-state index in [1.807, 2.05) is 0 Å². The summed E-state index contributed by atoms with van der Waals surface area (Å²) in [6.45, 7) is -0.800. The van der Waals surface area contributed by atoms with E-state index in [0.717, 1.165) is 0 Å². The van der Waals surface area contributed by atoms with Gasteiger partial charge in [0.05, 0.1) is 6.61 Å². The lowest BCUT2D eigenvalue weighted by Gasteiger charge is -2.18. The maximum absolute atomic E-state index is 11.0. The zero-order chi connectivity index (χ0) is 12.3. The highest BCUT2D eigenvalue weighted by Gasteiger charge is 2.32. The van der Waals surface area contributed by atoms with Gasteiger partial charge in [0, 0.05) is 0 Å². The highest BCUT2D eigenvalue weighted by Crippen LogP contribution is 2.26. The first-order valence-corrected chi connectivity index (χ1v) is 5.90. The molecule has 2 unspecified atom stereocenters. The molecule has 0 radical (unpaired) electrons. The topological polar surface area (TPSA) is 115 Å². The average Bonchev–Trinajstić information content (AvgIpc) is 2.19. The maximum atomic E-state index is 11.0. The molecule has 0 aliphatic rings. The van der Waals surface area contributed by atoms with E-state index >= 15 is 0 Å². The molecule has 0 bridgehead atoms. The predicted molar refractivity (Wildman–Crippen MR) is 55.5 cm³/mol. The highest BCUT2D eigenvalue weighted by molar-refractivity contribution is 7.86. The monoisotopic (exact) mass is 248 g/mol. The van der Waals surface area contributed by atoms with Crippen molar-refractivity contribution in [2.24, 2.45) is 0 Å². The molecule has 0 fully saturated rings. The van der Waals surface area contributed by atoms with E-state index in [2.05, 4.69) is 0 Å². The van der Waals surface area contributed by atoms with Crippen molar-refractivity contribution in [3.8, 4) is 5.75 Å². The first-order chi connectivity index (χ1) is 7.36. The van der Waals surface area contributed by atoms with Gasteiger partial charge < -0.3 is 15.3 Å². The van der Waals surface area contributed by atoms with Crippen LogP contribution in [0.1, 0.15) is 10.8 Å². The highest BCUT2D eigenvalue weighted by atomic mass is 32.2. The Morgan fingerprint density at radius 1 is 1.19 bits per heavy atom. The van der Waals surface area contributed by atoms with Gasteiger partial charge in [0.25, 0.3) is 10.1 Å². The van der Waals surface area contributed by atoms with Crippen LogP contribution in [0.25, 0.3) is 0 Å². The van der Waals surface area contributed by atoms with Crippen LogP contribution in [0.4, 0.5) is 0 Å². The van der Waals surface area contributed by atoms with Gasteiger partial charge in [0.1, 0.15) is 17.1 Å². The Labute approximate surface area is 92.5 Å². The van der Waals surface area contributed by atoms with Crippen LogP contribution >= 0.6 is 0 Å². The first-order valence-electron chi connectivity index (χ1n) is 4.40. The van der Waals surface area contributed by atoms with Gasteiger partial charge in [-0.3, -0.25) is 4.55 Å². The van der Waals surface area contributed by atoms with Crippen molar-refractivity contribution < 1.29 is 28.3 Å². The number of hydrogen-bond donors (Lipinski definition) is 4. The summed E-state index contributed by atoms with van der Waals surface area (Å²) in [5, 5.41) is 25.4. The van der Waals surface area contributed by atoms with Gasteiger partial charge in [0.2, 0.25) is 0 Å². The van der Waals surface area contributed by atoms with E-state index in [1.165, 1.54) is 24.3 Å². The molecule has 0 aliphatic heterocycles. The molecule has 0 spiro atoms. The molecule has 0 saturated heterocycles. The number of aromatic hydroxyl groups is 1. The van der Waals surface area contributed by atoms with Gasteiger partial charge in [-0.1, -0.05) is 12.1 Å². The van der Waals surface area contributed by atoms with Crippen molar-refractivity contribution in [3.05, 3.63) is 29.8 Å². The summed E-state index contributed by atoms with van der Waals surface area (Å²) in [7, 11) is -4.53. The predicted octanol–water partition coefficient (Wildman–Crippen LogP) is -0.326. The molecule has 0 aromatic heterocycles. The van der Waals surface area contributed by atoms with Crippen LogP contribution in [0.15, 0.2) is 24.3 Å². The Kier molecular flexibility index (Phi) is 3.87. The second-order valence-electron chi connectivity index (χ2n) is 3.28. The van der Waals surface area contributed by atoms with Gasteiger partial charge in [-0.15, -0.1) is 0 Å². The number of benzene rings is 1. The number of aliphatic hydroxyl groups is 2. The molecule has 7 heteroatoms. The molecule has 0 heterocycles. The Bertz CT molecular complexity index is 438. The van der Waals surface area contributed by atoms with E-state index in [0.29, 0.717) is 0 Å². The van der Waals surface area contributed by atoms with E-state index in [9.17, 15) is 13.5 Å². The Morgan fingerprint density at radius 2 is 1.69 bits per heavy atom. The van der Waals surface area contributed by atoms with Crippen LogP contribution < -0.4 is 0 Å². The number of hydrogen-bond acceptors (Lipinski definition) is 5. The van der Waals surface area contributed by atoms with Crippen LogP contribution in [-0.4, -0.2) is 41.0 Å². The molecular formula is C9H12O6S. The molecular weight excluding hydrogens is 236 g/mol. The van der Waals surface area contributed by atoms with E-state index in [4.69, 9.17) is 14.8 Å². The number of phenolic OH excluding ortho intramolecular Hbond substituents is 1. The molecule has 1 aromatic carbocycles. The van der Waals surface area contributed by atoms with Crippen LogP contribution in [0.2, 0.25) is 0 Å². The molecule has 0 aliphatic carbocycles. The molecule has 90 valence electrons. The van der Waals surface area contributed by atoms with Gasteiger partial charge in [-0.2, -0.15) is 8.42 Å². The van der Waals surface area contributed by atoms with E-state index in [-0.39, 0.29) is 11.3 Å². The Hall–Kier alpha value is -1.15. The van der Waals surface area contributed by atoms with Crippen molar-refractivity contribution in [3.63, 3.8) is 0 Å². The van der Waals surface area contributed by atoms with Crippen LogP contribution in [-0.2, 0) is 10.1 Å². The lowest BCUT2D eigenvalue weighted by Crippen LogP contribution is -2.28. The summed E-state index contributed by atoms with van der Waals surface area (Å²) in [5.74, 6) is -0.0728. The fourth-order valence-electron chi connectivity index (χ4n) is 1.35. The normalized spacial score (nSPS) is 15.7. The average molecular weight is 248 g/mol. The standard InChI is InChI=1S/C9H12O6S/c10-5-8(12)9(16(13,14)15)6-1-3-7(11)4-2-6/h1-4,8-12H,5H2,(H,13,14,15). The zero-order valence-corrected chi connectivity index (χ0v) is 9.00. The van der Waals surface area contributed by atoms with Crippen LogP contribution in [0.3, 0.4) is 0 Å². The molecule has 6 nitrogen and oxygen atoms in total. The quantitative estimate of drug-likeness (QED) is 0.542. The second kappa shape index (κ2) is 4.79. The number of rotatable bonds is 4. The smallest absolute Gasteiger partial charge is 0.274 e. The van der Waals surface area contributed by atoms with E-state index in [1.54, 1.807) is 0 Å². The molecule has 0 saturated carbocycles. The van der Waals surface area contributed by atoms with E-state index < -0.39 is 28.1 Å². The second-order valence-corrected chi connectivity index (χ2v) is 4.81. The van der Waals surface area contributed by atoms with Crippen molar-refractivity contribution >= 4 is 10.1 Å². The minimum absolute atomic E-state index is 0.0728. The minimum Gasteiger partial charge on any atom is -0.508 e. The largest absolute Gasteiger partial charge is 0.508 e. The van der Waals surface area contributed by atoms with Gasteiger partial charge in [-0.25, -0.2) is 0 Å². The third-order valence-corrected chi connectivity index (χ3v) is 3.31. The van der Waals surface area contributed by atoms with Gasteiger partial charge >= 0.3 is 0 Å². The third-order valence-electron chi connectivity index (χ3n) is 2.08. The summed E-state index contributed by atoms with van der Waals surface area (Å²) in [5.41, 5.74) is 0.0850. The molecule has 0 amide bonds. The summed E-state index contributed by atoms with van der Waals surface area (Å²) >= 11 is 0. The third kappa shape index (κ3) is 2.92. The summed E-state index contributed by atoms with van der Waals surface area (Å²) < 4.78 is 31.0. The lowest BCUT2D eigenvalue weighted by molar-refractivity contribution is 0.0889. The summed E-state index contributed by atoms with van der Waals surface area (Å²) in [6.07, 6.45) is -1.63. The fraction of sp³-hybridized carbons (Fsp3) is 0.333. The lowest BCUT2D eigenvalue weighted by atomic mass is 10.1. The van der Waals surface area contributed by atoms with Gasteiger partial charge in [0.15, 0.2) is 0 Å². The van der Waals surface area contributed by atoms with Gasteiger partial charge in [-0.05, 0) is 17.7 Å². The number of phenols is 1.